The van der Waals surface area contributed by atoms with Gasteiger partial charge in [0.2, 0.25) is 0 Å². The van der Waals surface area contributed by atoms with Crippen LogP contribution in [0.15, 0.2) is 0 Å². The van der Waals surface area contributed by atoms with Crippen LogP contribution < -0.4 is 0 Å². The number of rotatable bonds is 0. The van der Waals surface area contributed by atoms with Crippen molar-refractivity contribution in [3.8, 4) is 0 Å². The first-order valence-electron chi connectivity index (χ1n) is 7.50. The standard InChI is InChI=1S/2C10H15.La/c2*1-6-7(2)9(4)10(5)8(6)3;/h2*1-5H3;/q2*-1;. The van der Waals surface area contributed by atoms with Crippen molar-refractivity contribution in [2.45, 2.75) is 69.2 Å². The first-order valence-corrected chi connectivity index (χ1v) is 7.50. The summed E-state index contributed by atoms with van der Waals surface area (Å²) in [4.78, 5) is 0. The quantitative estimate of drug-likeness (QED) is 0.476. The zero-order chi connectivity index (χ0) is 15.8. The van der Waals surface area contributed by atoms with Crippen molar-refractivity contribution in [1.29, 1.82) is 0 Å². The number of hydrogen-bond acceptors (Lipinski definition) is 0. The molecule has 0 spiro atoms. The molecule has 2 aromatic carbocycles. The van der Waals surface area contributed by atoms with Gasteiger partial charge in [0.05, 0.1) is 0 Å². The van der Waals surface area contributed by atoms with Crippen LogP contribution in [0, 0.1) is 105 Å². The van der Waals surface area contributed by atoms with Crippen molar-refractivity contribution in [2.24, 2.45) is 0 Å². The molecule has 0 aliphatic heterocycles. The third-order valence-electron chi connectivity index (χ3n) is 5.62. The molecule has 0 amide bonds. The van der Waals surface area contributed by atoms with Gasteiger partial charge in [-0.25, -0.2) is 0 Å². The molecule has 0 bridgehead atoms. The fourth-order valence-corrected chi connectivity index (χ4v) is 2.81. The van der Waals surface area contributed by atoms with E-state index in [2.05, 4.69) is 69.2 Å². The van der Waals surface area contributed by atoms with Gasteiger partial charge in [-0.05, 0) is 0 Å². The van der Waals surface area contributed by atoms with Gasteiger partial charge in [-0.1, -0.05) is 69.2 Å². The van der Waals surface area contributed by atoms with E-state index in [1.54, 1.807) is 0 Å². The van der Waals surface area contributed by atoms with Gasteiger partial charge in [0, 0.05) is 35.6 Å². The van der Waals surface area contributed by atoms with Crippen molar-refractivity contribution in [2.75, 3.05) is 0 Å². The summed E-state index contributed by atoms with van der Waals surface area (Å²) >= 11 is 0. The molecule has 0 aliphatic carbocycles. The minimum atomic E-state index is 0. The topological polar surface area (TPSA) is 0 Å². The Labute approximate surface area is 159 Å². The van der Waals surface area contributed by atoms with Crippen LogP contribution in [0.25, 0.3) is 0 Å². The molecular weight excluding hydrogens is 379 g/mol. The van der Waals surface area contributed by atoms with Gasteiger partial charge in [0.25, 0.3) is 0 Å². The van der Waals surface area contributed by atoms with Crippen LogP contribution in [0.1, 0.15) is 55.6 Å². The van der Waals surface area contributed by atoms with Crippen LogP contribution in [0.4, 0.5) is 0 Å². The van der Waals surface area contributed by atoms with Gasteiger partial charge in [0.15, 0.2) is 0 Å². The second-order valence-electron chi connectivity index (χ2n) is 6.25. The van der Waals surface area contributed by atoms with Crippen molar-refractivity contribution in [3.63, 3.8) is 0 Å². The molecule has 0 fully saturated rings. The summed E-state index contributed by atoms with van der Waals surface area (Å²) in [5, 5.41) is 0. The maximum atomic E-state index is 2.20. The summed E-state index contributed by atoms with van der Waals surface area (Å²) in [6.07, 6.45) is 0. The van der Waals surface area contributed by atoms with E-state index in [-0.39, 0.29) is 35.6 Å². The predicted molar refractivity (Wildman–Crippen MR) is 91.4 cm³/mol. The molecule has 1 heteroatoms. The molecule has 0 unspecified atom stereocenters. The minimum Gasteiger partial charge on any atom is -0.196 e. The molecule has 115 valence electrons. The number of hydrogen-bond donors (Lipinski definition) is 0. The van der Waals surface area contributed by atoms with E-state index in [0.717, 1.165) is 0 Å². The van der Waals surface area contributed by atoms with Gasteiger partial charge >= 0.3 is 0 Å². The molecule has 0 saturated heterocycles. The first kappa shape index (κ1) is 20.9. The Morgan fingerprint density at radius 2 is 0.571 bits per heavy atom. The normalized spacial score (nSPS) is 10.0. The molecule has 0 heterocycles. The van der Waals surface area contributed by atoms with E-state index in [1.807, 2.05) is 0 Å². The molecule has 1 radical (unpaired) electrons. The fraction of sp³-hybridized carbons (Fsp3) is 0.500. The smallest absolute Gasteiger partial charge is 0 e. The molecule has 0 aliphatic rings. The van der Waals surface area contributed by atoms with Crippen molar-refractivity contribution in [3.05, 3.63) is 55.6 Å². The zero-order valence-electron chi connectivity index (χ0n) is 15.6. The van der Waals surface area contributed by atoms with Crippen LogP contribution in [0.5, 0.6) is 0 Å². The average Bonchev–Trinajstić information content (AvgIpc) is 2.71. The Kier molecular flexibility index (Phi) is 7.91. The van der Waals surface area contributed by atoms with Gasteiger partial charge in [-0.15, -0.1) is 0 Å². The summed E-state index contributed by atoms with van der Waals surface area (Å²) in [6.45, 7) is 22.0. The Morgan fingerprint density at radius 1 is 0.429 bits per heavy atom. The third-order valence-corrected chi connectivity index (χ3v) is 5.62. The minimum absolute atomic E-state index is 0. The SMILES string of the molecule is Cc1c(C)c(C)[c-](C)c1C.Cc1c(C)c(C)[c-](C)c1C.[La]. The molecule has 21 heavy (non-hydrogen) atoms. The molecule has 0 aromatic heterocycles. The van der Waals surface area contributed by atoms with Gasteiger partial charge in [0.1, 0.15) is 0 Å². The maximum Gasteiger partial charge on any atom is 0 e. The Hall–Kier alpha value is -0.105. The molecule has 2 aromatic rings. The molecule has 2 rings (SSSR count). The summed E-state index contributed by atoms with van der Waals surface area (Å²) in [7, 11) is 0. The molecule has 0 N–H and O–H groups in total. The fourth-order valence-electron chi connectivity index (χ4n) is 2.81. The van der Waals surface area contributed by atoms with Crippen LogP contribution in [-0.2, 0) is 0 Å². The molecule has 0 atom stereocenters. The first-order chi connectivity index (χ1) is 9.11. The molecule has 0 nitrogen and oxygen atoms in total. The molecule has 0 saturated carbocycles. The molecular formula is C20H30La-2. The second-order valence-corrected chi connectivity index (χ2v) is 6.25. The Bertz CT molecular complexity index is 404. The van der Waals surface area contributed by atoms with E-state index in [4.69, 9.17) is 0 Å². The van der Waals surface area contributed by atoms with Gasteiger partial charge in [-0.2, -0.15) is 55.6 Å². The average molecular weight is 409 g/mol. The van der Waals surface area contributed by atoms with Crippen molar-refractivity contribution >= 4 is 0 Å². The predicted octanol–water partition coefficient (Wildman–Crippen LogP) is 5.90. The monoisotopic (exact) mass is 409 g/mol. The Balaban J connectivity index is 0.000000364. The summed E-state index contributed by atoms with van der Waals surface area (Å²) < 4.78 is 0. The van der Waals surface area contributed by atoms with E-state index in [9.17, 15) is 0 Å². The summed E-state index contributed by atoms with van der Waals surface area (Å²) in [6, 6.07) is 0. The van der Waals surface area contributed by atoms with Crippen molar-refractivity contribution in [1.82, 2.24) is 0 Å². The van der Waals surface area contributed by atoms with Crippen LogP contribution in [0.2, 0.25) is 0 Å². The van der Waals surface area contributed by atoms with E-state index < -0.39 is 0 Å². The Morgan fingerprint density at radius 3 is 0.619 bits per heavy atom. The maximum absolute atomic E-state index is 2.20. The zero-order valence-corrected chi connectivity index (χ0v) is 19.2. The van der Waals surface area contributed by atoms with Gasteiger partial charge < -0.3 is 0 Å². The van der Waals surface area contributed by atoms with E-state index in [0.29, 0.717) is 0 Å². The second kappa shape index (κ2) is 7.95. The van der Waals surface area contributed by atoms with Crippen LogP contribution in [-0.4, -0.2) is 0 Å². The van der Waals surface area contributed by atoms with E-state index >= 15 is 0 Å². The van der Waals surface area contributed by atoms with Crippen LogP contribution in [0.3, 0.4) is 0 Å². The van der Waals surface area contributed by atoms with E-state index in [1.165, 1.54) is 55.6 Å². The largest absolute Gasteiger partial charge is 0.196 e. The van der Waals surface area contributed by atoms with Crippen molar-refractivity contribution < 1.29 is 35.6 Å². The van der Waals surface area contributed by atoms with Crippen LogP contribution >= 0.6 is 0 Å². The van der Waals surface area contributed by atoms with Gasteiger partial charge in [-0.3, -0.25) is 0 Å². The third kappa shape index (κ3) is 4.00. The summed E-state index contributed by atoms with van der Waals surface area (Å²) in [5.74, 6) is 0. The summed E-state index contributed by atoms with van der Waals surface area (Å²) in [5.41, 5.74) is 14.7.